The predicted octanol–water partition coefficient (Wildman–Crippen LogP) is 5.87. The number of carbonyl (C=O) groups is 1. The summed E-state index contributed by atoms with van der Waals surface area (Å²) in [7, 11) is 0. The molecule has 0 saturated heterocycles. The van der Waals surface area contributed by atoms with Crippen LogP contribution in [0.4, 0.5) is 5.69 Å². The van der Waals surface area contributed by atoms with E-state index in [1.165, 1.54) is 17.3 Å². The largest absolute Gasteiger partial charge is 0.311 e. The minimum Gasteiger partial charge on any atom is -0.311 e. The van der Waals surface area contributed by atoms with Crippen LogP contribution in [0.3, 0.4) is 0 Å². The molecule has 0 N–H and O–H groups in total. The van der Waals surface area contributed by atoms with Crippen molar-refractivity contribution in [1.82, 2.24) is 9.55 Å². The Balaban J connectivity index is 1.44. The van der Waals surface area contributed by atoms with Crippen LogP contribution in [0.1, 0.15) is 5.56 Å². The molecule has 4 nitrogen and oxygen atoms in total. The zero-order valence-electron chi connectivity index (χ0n) is 16.7. The van der Waals surface area contributed by atoms with E-state index in [0.29, 0.717) is 10.8 Å². The molecular weight excluding hydrogens is 426 g/mol. The highest BCUT2D eigenvalue weighted by Gasteiger charge is 2.25. The van der Waals surface area contributed by atoms with E-state index in [-0.39, 0.29) is 5.91 Å². The molecular formula is C25H20ClN3OS. The maximum atomic E-state index is 13.0. The zero-order valence-corrected chi connectivity index (χ0v) is 18.3. The number of hydrogen-bond acceptors (Lipinski definition) is 3. The molecule has 0 spiro atoms. The second kappa shape index (κ2) is 8.61. The fraction of sp³-hybridized carbons (Fsp3) is 0.120. The minimum absolute atomic E-state index is 0.0943. The molecule has 0 atom stereocenters. The highest BCUT2D eigenvalue weighted by Crippen LogP contribution is 2.32. The molecule has 31 heavy (non-hydrogen) atoms. The fourth-order valence-corrected chi connectivity index (χ4v) is 4.97. The van der Waals surface area contributed by atoms with Crippen molar-refractivity contribution in [2.45, 2.75) is 11.6 Å². The van der Waals surface area contributed by atoms with Crippen molar-refractivity contribution in [2.24, 2.45) is 0 Å². The molecule has 4 aromatic rings. The summed E-state index contributed by atoms with van der Waals surface area (Å²) in [6, 6.07) is 25.9. The fourth-order valence-electron chi connectivity index (χ4n) is 3.92. The number of halogens is 1. The summed E-state index contributed by atoms with van der Waals surface area (Å²) in [4.78, 5) is 19.5. The molecule has 2 heterocycles. The highest BCUT2D eigenvalue weighted by molar-refractivity contribution is 7.99. The third-order valence-electron chi connectivity index (χ3n) is 5.38. The van der Waals surface area contributed by atoms with E-state index in [2.05, 4.69) is 27.8 Å². The number of anilines is 1. The van der Waals surface area contributed by atoms with E-state index >= 15 is 0 Å². The minimum atomic E-state index is 0.0943. The van der Waals surface area contributed by atoms with Gasteiger partial charge in [0, 0.05) is 28.5 Å². The van der Waals surface area contributed by atoms with Crippen molar-refractivity contribution < 1.29 is 4.79 Å². The number of amides is 1. The second-order valence-corrected chi connectivity index (χ2v) is 8.70. The lowest BCUT2D eigenvalue weighted by Gasteiger charge is -2.17. The van der Waals surface area contributed by atoms with E-state index in [1.807, 2.05) is 71.8 Å². The van der Waals surface area contributed by atoms with Crippen LogP contribution in [0.15, 0.2) is 90.2 Å². The van der Waals surface area contributed by atoms with Crippen LogP contribution in [-0.4, -0.2) is 27.8 Å². The van der Waals surface area contributed by atoms with Gasteiger partial charge in [0.2, 0.25) is 5.91 Å². The molecule has 0 aliphatic carbocycles. The van der Waals surface area contributed by atoms with E-state index in [0.717, 1.165) is 40.8 Å². The quantitative estimate of drug-likeness (QED) is 0.360. The van der Waals surface area contributed by atoms with Crippen molar-refractivity contribution >= 4 is 35.0 Å². The summed E-state index contributed by atoms with van der Waals surface area (Å²) in [6.45, 7) is 0.733. The van der Waals surface area contributed by atoms with Crippen LogP contribution in [0.25, 0.3) is 16.9 Å². The molecule has 1 aliphatic rings. The lowest BCUT2D eigenvalue weighted by Crippen LogP contribution is -2.30. The molecule has 0 fully saturated rings. The smallest absolute Gasteiger partial charge is 0.237 e. The first-order chi connectivity index (χ1) is 15.2. The molecule has 0 radical (unpaired) electrons. The Morgan fingerprint density at radius 1 is 1.00 bits per heavy atom. The summed E-state index contributed by atoms with van der Waals surface area (Å²) in [5.74, 6) is 0.414. The Morgan fingerprint density at radius 3 is 2.65 bits per heavy atom. The van der Waals surface area contributed by atoms with Gasteiger partial charge in [0.15, 0.2) is 5.16 Å². The third kappa shape index (κ3) is 3.99. The maximum Gasteiger partial charge on any atom is 0.237 e. The van der Waals surface area contributed by atoms with Crippen molar-refractivity contribution in [2.75, 3.05) is 17.2 Å². The molecule has 6 heteroatoms. The maximum absolute atomic E-state index is 13.0. The SMILES string of the molecule is O=C(CSc1ncc(-c2ccccc2)n1-c1cccc(Cl)c1)N1CCc2ccccc21. The zero-order chi connectivity index (χ0) is 21.2. The van der Waals surface area contributed by atoms with Crippen LogP contribution in [0.2, 0.25) is 5.02 Å². The number of aromatic nitrogens is 2. The van der Waals surface area contributed by atoms with Crippen LogP contribution in [0.5, 0.6) is 0 Å². The van der Waals surface area contributed by atoms with Crippen molar-refractivity contribution in [3.05, 3.63) is 95.6 Å². The number of nitrogens with zero attached hydrogens (tertiary/aromatic N) is 3. The highest BCUT2D eigenvalue weighted by atomic mass is 35.5. The molecule has 0 saturated carbocycles. The van der Waals surface area contributed by atoms with Crippen LogP contribution >= 0.6 is 23.4 Å². The van der Waals surface area contributed by atoms with Crippen molar-refractivity contribution in [3.8, 4) is 16.9 Å². The van der Waals surface area contributed by atoms with Crippen molar-refractivity contribution in [1.29, 1.82) is 0 Å². The topological polar surface area (TPSA) is 38.1 Å². The van der Waals surface area contributed by atoms with Gasteiger partial charge in [-0.2, -0.15) is 0 Å². The van der Waals surface area contributed by atoms with E-state index in [1.54, 1.807) is 0 Å². The van der Waals surface area contributed by atoms with Gasteiger partial charge in [-0.05, 0) is 36.2 Å². The Morgan fingerprint density at radius 2 is 1.81 bits per heavy atom. The van der Waals surface area contributed by atoms with Gasteiger partial charge < -0.3 is 4.90 Å². The number of thioether (sulfide) groups is 1. The third-order valence-corrected chi connectivity index (χ3v) is 6.55. The van der Waals surface area contributed by atoms with Crippen LogP contribution in [-0.2, 0) is 11.2 Å². The van der Waals surface area contributed by atoms with E-state index in [4.69, 9.17) is 11.6 Å². The van der Waals surface area contributed by atoms with Crippen LogP contribution in [0, 0.1) is 0 Å². The molecule has 154 valence electrons. The van der Waals surface area contributed by atoms with Gasteiger partial charge >= 0.3 is 0 Å². The summed E-state index contributed by atoms with van der Waals surface area (Å²) in [5, 5.41) is 1.42. The van der Waals surface area contributed by atoms with E-state index < -0.39 is 0 Å². The van der Waals surface area contributed by atoms with Gasteiger partial charge in [-0.3, -0.25) is 9.36 Å². The summed E-state index contributed by atoms with van der Waals surface area (Å²) in [5.41, 5.74) is 5.19. The molecule has 0 bridgehead atoms. The van der Waals surface area contributed by atoms with Gasteiger partial charge in [-0.15, -0.1) is 0 Å². The van der Waals surface area contributed by atoms with Gasteiger partial charge in [-0.1, -0.05) is 78.0 Å². The summed E-state index contributed by atoms with van der Waals surface area (Å²) in [6.07, 6.45) is 2.76. The normalized spacial score (nSPS) is 12.7. The number of benzene rings is 3. The second-order valence-electron chi connectivity index (χ2n) is 7.32. The Labute approximate surface area is 190 Å². The number of fused-ring (bicyclic) bond motifs is 1. The lowest BCUT2D eigenvalue weighted by molar-refractivity contribution is -0.116. The first-order valence-electron chi connectivity index (χ1n) is 10.1. The number of hydrogen-bond donors (Lipinski definition) is 0. The van der Waals surface area contributed by atoms with Gasteiger partial charge in [0.05, 0.1) is 17.6 Å². The van der Waals surface area contributed by atoms with Crippen LogP contribution < -0.4 is 4.90 Å². The standard InChI is InChI=1S/C25H20ClN3OS/c26-20-10-6-11-21(15-20)29-23(18-7-2-1-3-8-18)16-27-25(29)31-17-24(30)28-14-13-19-9-4-5-12-22(19)28/h1-12,15-16H,13-14,17H2. The number of rotatable bonds is 5. The molecule has 0 unspecified atom stereocenters. The molecule has 5 rings (SSSR count). The Kier molecular flexibility index (Phi) is 5.53. The molecule has 1 aromatic heterocycles. The first kappa shape index (κ1) is 19.9. The Hall–Kier alpha value is -3.02. The average Bonchev–Trinajstić information content (AvgIpc) is 3.42. The molecule has 1 aliphatic heterocycles. The monoisotopic (exact) mass is 445 g/mol. The summed E-state index contributed by atoms with van der Waals surface area (Å²) < 4.78 is 2.07. The number of carbonyl (C=O) groups excluding carboxylic acids is 1. The Bertz CT molecular complexity index is 1240. The molecule has 1 amide bonds. The van der Waals surface area contributed by atoms with Gasteiger partial charge in [0.25, 0.3) is 0 Å². The predicted molar refractivity (Wildman–Crippen MR) is 127 cm³/mol. The summed E-state index contributed by atoms with van der Waals surface area (Å²) >= 11 is 7.72. The van der Waals surface area contributed by atoms with E-state index in [9.17, 15) is 4.79 Å². The number of para-hydroxylation sites is 1. The average molecular weight is 446 g/mol. The van der Waals surface area contributed by atoms with Gasteiger partial charge in [-0.25, -0.2) is 4.98 Å². The molecule has 3 aromatic carbocycles. The first-order valence-corrected chi connectivity index (χ1v) is 11.5. The van der Waals surface area contributed by atoms with Crippen molar-refractivity contribution in [3.63, 3.8) is 0 Å². The number of imidazole rings is 1. The lowest BCUT2D eigenvalue weighted by atomic mass is 10.1. The van der Waals surface area contributed by atoms with Gasteiger partial charge in [0.1, 0.15) is 0 Å².